The van der Waals surface area contributed by atoms with E-state index in [1.54, 1.807) is 6.07 Å². The van der Waals surface area contributed by atoms with E-state index in [4.69, 9.17) is 0 Å². The Morgan fingerprint density at radius 1 is 0.520 bits per heavy atom. The van der Waals surface area contributed by atoms with Crippen LogP contribution in [0.15, 0.2) is 78.9 Å². The summed E-state index contributed by atoms with van der Waals surface area (Å²) in [4.78, 5) is 0. The van der Waals surface area contributed by atoms with Crippen molar-refractivity contribution in [2.75, 3.05) is 0 Å². The molecule has 0 heterocycles. The van der Waals surface area contributed by atoms with Gasteiger partial charge in [0.25, 0.3) is 0 Å². The molecule has 5 rings (SSSR count). The van der Waals surface area contributed by atoms with E-state index in [2.05, 4.69) is 60.7 Å². The molecule has 0 aliphatic carbocycles. The number of aromatic hydroxyl groups is 1. The molecular formula is C24H16O. The summed E-state index contributed by atoms with van der Waals surface area (Å²) in [5.41, 5.74) is 1.99. The quantitative estimate of drug-likeness (QED) is 0.292. The van der Waals surface area contributed by atoms with Crippen molar-refractivity contribution in [2.45, 2.75) is 0 Å². The van der Waals surface area contributed by atoms with Gasteiger partial charge in [-0.1, -0.05) is 84.9 Å². The van der Waals surface area contributed by atoms with Gasteiger partial charge in [0.2, 0.25) is 0 Å². The minimum atomic E-state index is 0.302. The van der Waals surface area contributed by atoms with Crippen molar-refractivity contribution in [1.82, 2.24) is 0 Å². The van der Waals surface area contributed by atoms with E-state index in [0.717, 1.165) is 11.1 Å². The molecule has 0 amide bonds. The molecule has 0 fully saturated rings. The first-order valence-electron chi connectivity index (χ1n) is 8.44. The third kappa shape index (κ3) is 2.17. The highest BCUT2D eigenvalue weighted by atomic mass is 16.3. The molecule has 0 aromatic heterocycles. The number of phenolic OH excluding ortho intramolecular Hbond substituents is 1. The van der Waals surface area contributed by atoms with Crippen LogP contribution in [0.3, 0.4) is 0 Å². The first-order chi connectivity index (χ1) is 12.3. The zero-order valence-corrected chi connectivity index (χ0v) is 13.6. The smallest absolute Gasteiger partial charge is 0.122 e. The fourth-order valence-corrected chi connectivity index (χ4v) is 3.71. The maximum atomic E-state index is 9.97. The van der Waals surface area contributed by atoms with Crippen molar-refractivity contribution in [3.8, 4) is 5.75 Å². The largest absolute Gasteiger partial charge is 0.507 e. The van der Waals surface area contributed by atoms with E-state index in [0.29, 0.717) is 5.75 Å². The molecule has 1 nitrogen and oxygen atoms in total. The molecule has 0 aliphatic heterocycles. The molecule has 1 N–H and O–H groups in total. The fourth-order valence-electron chi connectivity index (χ4n) is 3.71. The molecule has 0 atom stereocenters. The van der Waals surface area contributed by atoms with Gasteiger partial charge in [0.05, 0.1) is 0 Å². The molecule has 5 aromatic rings. The number of hydrogen-bond donors (Lipinski definition) is 1. The average molecular weight is 320 g/mol. The van der Waals surface area contributed by atoms with Crippen molar-refractivity contribution in [3.63, 3.8) is 0 Å². The summed E-state index contributed by atoms with van der Waals surface area (Å²) in [5.74, 6) is 0.302. The number of benzene rings is 5. The molecule has 0 saturated carbocycles. The van der Waals surface area contributed by atoms with Crippen LogP contribution in [0.5, 0.6) is 5.75 Å². The Kier molecular flexibility index (Phi) is 3.01. The van der Waals surface area contributed by atoms with E-state index < -0.39 is 0 Å². The van der Waals surface area contributed by atoms with Crippen LogP contribution in [0.25, 0.3) is 44.5 Å². The number of para-hydroxylation sites is 1. The van der Waals surface area contributed by atoms with Gasteiger partial charge in [-0.25, -0.2) is 0 Å². The maximum Gasteiger partial charge on any atom is 0.122 e. The Hall–Kier alpha value is -3.32. The van der Waals surface area contributed by atoms with Crippen molar-refractivity contribution in [3.05, 3.63) is 90.0 Å². The molecule has 0 radical (unpaired) electrons. The monoisotopic (exact) mass is 320 g/mol. The minimum Gasteiger partial charge on any atom is -0.507 e. The van der Waals surface area contributed by atoms with E-state index in [-0.39, 0.29) is 0 Å². The number of rotatable bonds is 2. The summed E-state index contributed by atoms with van der Waals surface area (Å²) >= 11 is 0. The van der Waals surface area contributed by atoms with E-state index in [1.165, 1.54) is 32.3 Å². The maximum absolute atomic E-state index is 9.97. The van der Waals surface area contributed by atoms with Gasteiger partial charge in [0, 0.05) is 5.56 Å². The first kappa shape index (κ1) is 14.1. The molecule has 0 bridgehead atoms. The van der Waals surface area contributed by atoms with Crippen LogP contribution in [-0.2, 0) is 0 Å². The normalized spacial score (nSPS) is 12.0. The van der Waals surface area contributed by atoms with Gasteiger partial charge < -0.3 is 5.11 Å². The SMILES string of the molecule is Oc1ccccc1/C=C/c1ccc2ccc3cccc4ccc1c2c34. The van der Waals surface area contributed by atoms with Crippen LogP contribution in [0.2, 0.25) is 0 Å². The van der Waals surface area contributed by atoms with E-state index >= 15 is 0 Å². The lowest BCUT2D eigenvalue weighted by Crippen LogP contribution is -1.86. The van der Waals surface area contributed by atoms with Gasteiger partial charge in [-0.2, -0.15) is 0 Å². The second kappa shape index (κ2) is 5.35. The van der Waals surface area contributed by atoms with Crippen molar-refractivity contribution >= 4 is 44.5 Å². The molecule has 0 spiro atoms. The Bertz CT molecular complexity index is 1230. The summed E-state index contributed by atoms with van der Waals surface area (Å²) in [6, 6.07) is 27.0. The van der Waals surface area contributed by atoms with Gasteiger partial charge in [0.15, 0.2) is 0 Å². The second-order valence-electron chi connectivity index (χ2n) is 6.40. The summed E-state index contributed by atoms with van der Waals surface area (Å²) in [7, 11) is 0. The molecule has 0 saturated heterocycles. The average Bonchev–Trinajstić information content (AvgIpc) is 2.66. The molecule has 1 heteroatoms. The topological polar surface area (TPSA) is 20.2 Å². The Morgan fingerprint density at radius 2 is 1.16 bits per heavy atom. The fraction of sp³-hybridized carbons (Fsp3) is 0. The summed E-state index contributed by atoms with van der Waals surface area (Å²) in [6.07, 6.45) is 4.06. The minimum absolute atomic E-state index is 0.302. The van der Waals surface area contributed by atoms with E-state index in [9.17, 15) is 5.11 Å². The molecule has 118 valence electrons. The Morgan fingerprint density at radius 3 is 1.96 bits per heavy atom. The molecule has 25 heavy (non-hydrogen) atoms. The molecule has 5 aromatic carbocycles. The predicted molar refractivity (Wildman–Crippen MR) is 107 cm³/mol. The van der Waals surface area contributed by atoms with Gasteiger partial charge in [0.1, 0.15) is 5.75 Å². The zero-order valence-electron chi connectivity index (χ0n) is 13.6. The third-order valence-corrected chi connectivity index (χ3v) is 4.94. The number of hydrogen-bond acceptors (Lipinski definition) is 1. The standard InChI is InChI=1S/C24H16O/c25-22-7-2-1-4-17(22)10-8-16-9-11-20-13-12-18-5-3-6-19-14-15-21(16)24(20)23(18)19/h1-15,25H/b10-8+. The Labute approximate surface area is 145 Å². The molecule has 0 unspecified atom stereocenters. The van der Waals surface area contributed by atoms with Gasteiger partial charge in [-0.3, -0.25) is 0 Å². The third-order valence-electron chi connectivity index (χ3n) is 4.94. The van der Waals surface area contributed by atoms with Crippen LogP contribution in [-0.4, -0.2) is 5.11 Å². The lowest BCUT2D eigenvalue weighted by Gasteiger charge is -2.12. The van der Waals surface area contributed by atoms with Crippen LogP contribution in [0, 0.1) is 0 Å². The zero-order chi connectivity index (χ0) is 16.8. The van der Waals surface area contributed by atoms with Crippen molar-refractivity contribution < 1.29 is 5.11 Å². The summed E-state index contributed by atoms with van der Waals surface area (Å²) < 4.78 is 0. The predicted octanol–water partition coefficient (Wildman–Crippen LogP) is 6.46. The van der Waals surface area contributed by atoms with Gasteiger partial charge in [-0.05, 0) is 43.9 Å². The number of phenols is 1. The van der Waals surface area contributed by atoms with Crippen LogP contribution < -0.4 is 0 Å². The highest BCUT2D eigenvalue weighted by Crippen LogP contribution is 2.36. The summed E-state index contributed by atoms with van der Waals surface area (Å²) in [6.45, 7) is 0. The molecule has 0 aliphatic rings. The van der Waals surface area contributed by atoms with E-state index in [1.807, 2.05) is 24.3 Å². The lowest BCUT2D eigenvalue weighted by atomic mass is 9.92. The first-order valence-corrected chi connectivity index (χ1v) is 8.44. The van der Waals surface area contributed by atoms with Crippen LogP contribution in [0.4, 0.5) is 0 Å². The van der Waals surface area contributed by atoms with Gasteiger partial charge >= 0.3 is 0 Å². The molecular weight excluding hydrogens is 304 g/mol. The van der Waals surface area contributed by atoms with Crippen molar-refractivity contribution in [2.24, 2.45) is 0 Å². The summed E-state index contributed by atoms with van der Waals surface area (Å²) in [5, 5.41) is 17.7. The van der Waals surface area contributed by atoms with Crippen LogP contribution in [0.1, 0.15) is 11.1 Å². The van der Waals surface area contributed by atoms with Crippen molar-refractivity contribution in [1.29, 1.82) is 0 Å². The lowest BCUT2D eigenvalue weighted by molar-refractivity contribution is 0.474. The second-order valence-corrected chi connectivity index (χ2v) is 6.40. The van der Waals surface area contributed by atoms with Crippen LogP contribution >= 0.6 is 0 Å². The highest BCUT2D eigenvalue weighted by molar-refractivity contribution is 6.24. The highest BCUT2D eigenvalue weighted by Gasteiger charge is 2.09. The van der Waals surface area contributed by atoms with Gasteiger partial charge in [-0.15, -0.1) is 0 Å². The Balaban J connectivity index is 1.78.